The standard InChI is InChI=1S/C12H20F2N2O5S/c13-12(14)3-5-16(6-4-12)22(19,20)15-8-11(10(17)18)2-1-7-21-9-11/h15H,1-9H2,(H,17,18). The molecule has 22 heavy (non-hydrogen) atoms. The van der Waals surface area contributed by atoms with E-state index in [1.54, 1.807) is 0 Å². The number of piperidine rings is 1. The molecule has 0 saturated carbocycles. The molecule has 2 aliphatic rings. The van der Waals surface area contributed by atoms with Gasteiger partial charge in [-0.05, 0) is 12.8 Å². The van der Waals surface area contributed by atoms with Crippen LogP contribution in [0.2, 0.25) is 0 Å². The Labute approximate surface area is 127 Å². The molecule has 0 aromatic carbocycles. The van der Waals surface area contributed by atoms with Crippen LogP contribution in [0, 0.1) is 5.41 Å². The maximum Gasteiger partial charge on any atom is 0.313 e. The average molecular weight is 342 g/mol. The summed E-state index contributed by atoms with van der Waals surface area (Å²) in [5, 5.41) is 9.34. The third-order valence-corrected chi connectivity index (χ3v) is 5.72. The van der Waals surface area contributed by atoms with Crippen LogP contribution in [0.5, 0.6) is 0 Å². The fourth-order valence-electron chi connectivity index (χ4n) is 2.61. The van der Waals surface area contributed by atoms with E-state index in [-0.39, 0.29) is 26.2 Å². The van der Waals surface area contributed by atoms with Crippen molar-refractivity contribution < 1.29 is 31.8 Å². The van der Waals surface area contributed by atoms with Crippen LogP contribution in [0.3, 0.4) is 0 Å². The largest absolute Gasteiger partial charge is 0.481 e. The summed E-state index contributed by atoms with van der Waals surface area (Å²) >= 11 is 0. The fourth-order valence-corrected chi connectivity index (χ4v) is 3.91. The summed E-state index contributed by atoms with van der Waals surface area (Å²) in [6.07, 6.45) is -0.213. The van der Waals surface area contributed by atoms with Crippen molar-refractivity contribution in [3.05, 3.63) is 0 Å². The molecule has 2 saturated heterocycles. The molecular weight excluding hydrogens is 322 g/mol. The van der Waals surface area contributed by atoms with Gasteiger partial charge in [-0.25, -0.2) is 13.5 Å². The summed E-state index contributed by atoms with van der Waals surface area (Å²) in [5.74, 6) is -3.97. The number of carbonyl (C=O) groups is 1. The number of hydrogen-bond acceptors (Lipinski definition) is 4. The van der Waals surface area contributed by atoms with Gasteiger partial charge in [0.1, 0.15) is 5.41 Å². The Balaban J connectivity index is 1.98. The van der Waals surface area contributed by atoms with Crippen molar-refractivity contribution in [2.75, 3.05) is 32.8 Å². The first-order valence-electron chi connectivity index (χ1n) is 7.11. The number of carboxylic acid groups (broad SMARTS) is 1. The molecule has 0 amide bonds. The van der Waals surface area contributed by atoms with Crippen LogP contribution < -0.4 is 4.72 Å². The summed E-state index contributed by atoms with van der Waals surface area (Å²) in [6.45, 7) is -0.485. The number of alkyl halides is 2. The topological polar surface area (TPSA) is 95.9 Å². The van der Waals surface area contributed by atoms with Gasteiger partial charge in [0.15, 0.2) is 0 Å². The van der Waals surface area contributed by atoms with E-state index in [4.69, 9.17) is 4.74 Å². The van der Waals surface area contributed by atoms with E-state index in [1.165, 1.54) is 0 Å². The number of ether oxygens (including phenoxy) is 1. The zero-order valence-corrected chi connectivity index (χ0v) is 12.9. The van der Waals surface area contributed by atoms with E-state index < -0.39 is 40.4 Å². The van der Waals surface area contributed by atoms with Crippen molar-refractivity contribution >= 4 is 16.2 Å². The average Bonchev–Trinajstić information content (AvgIpc) is 2.46. The Hall–Kier alpha value is -0.840. The summed E-state index contributed by atoms with van der Waals surface area (Å²) in [4.78, 5) is 11.4. The number of nitrogens with one attached hydrogen (secondary N) is 1. The van der Waals surface area contributed by atoms with Crippen molar-refractivity contribution in [2.45, 2.75) is 31.6 Å². The predicted octanol–water partition coefficient (Wildman–Crippen LogP) is 0.433. The molecule has 2 heterocycles. The molecule has 2 fully saturated rings. The second-order valence-electron chi connectivity index (χ2n) is 5.82. The molecule has 0 radical (unpaired) electrons. The van der Waals surface area contributed by atoms with Gasteiger partial charge in [0, 0.05) is 39.1 Å². The van der Waals surface area contributed by atoms with Crippen molar-refractivity contribution in [3.63, 3.8) is 0 Å². The quantitative estimate of drug-likeness (QED) is 0.755. The van der Waals surface area contributed by atoms with E-state index in [0.717, 1.165) is 4.31 Å². The monoisotopic (exact) mass is 342 g/mol. The van der Waals surface area contributed by atoms with E-state index in [0.29, 0.717) is 19.4 Å². The Morgan fingerprint density at radius 1 is 1.27 bits per heavy atom. The van der Waals surface area contributed by atoms with E-state index in [2.05, 4.69) is 4.72 Å². The van der Waals surface area contributed by atoms with E-state index >= 15 is 0 Å². The minimum Gasteiger partial charge on any atom is -0.481 e. The number of hydrogen-bond donors (Lipinski definition) is 2. The van der Waals surface area contributed by atoms with Crippen LogP contribution in [-0.4, -0.2) is 62.6 Å². The highest BCUT2D eigenvalue weighted by Gasteiger charge is 2.43. The van der Waals surface area contributed by atoms with Crippen LogP contribution in [0.15, 0.2) is 0 Å². The zero-order chi connectivity index (χ0) is 16.4. The second kappa shape index (κ2) is 6.34. The van der Waals surface area contributed by atoms with Crippen LogP contribution in [0.4, 0.5) is 8.78 Å². The summed E-state index contributed by atoms with van der Waals surface area (Å²) in [5.41, 5.74) is -1.30. The van der Waals surface area contributed by atoms with Crippen molar-refractivity contribution in [3.8, 4) is 0 Å². The number of carboxylic acids is 1. The number of nitrogens with zero attached hydrogens (tertiary/aromatic N) is 1. The van der Waals surface area contributed by atoms with Crippen LogP contribution in [0.1, 0.15) is 25.7 Å². The molecule has 0 aliphatic carbocycles. The first-order chi connectivity index (χ1) is 10.2. The minimum atomic E-state index is -3.97. The van der Waals surface area contributed by atoms with Gasteiger partial charge in [0.05, 0.1) is 6.61 Å². The number of halogens is 2. The molecule has 0 bridgehead atoms. The van der Waals surface area contributed by atoms with Gasteiger partial charge in [-0.2, -0.15) is 12.7 Å². The molecule has 1 unspecified atom stereocenters. The second-order valence-corrected chi connectivity index (χ2v) is 7.58. The van der Waals surface area contributed by atoms with Gasteiger partial charge in [0.2, 0.25) is 0 Å². The molecule has 128 valence electrons. The van der Waals surface area contributed by atoms with E-state index in [9.17, 15) is 27.1 Å². The molecule has 1 atom stereocenters. The molecule has 2 aliphatic heterocycles. The smallest absolute Gasteiger partial charge is 0.313 e. The Kier molecular flexibility index (Phi) is 5.05. The van der Waals surface area contributed by atoms with Gasteiger partial charge in [-0.3, -0.25) is 4.79 Å². The number of aliphatic carboxylic acids is 1. The highest BCUT2D eigenvalue weighted by atomic mass is 32.2. The highest BCUT2D eigenvalue weighted by Crippen LogP contribution is 2.30. The van der Waals surface area contributed by atoms with Crippen LogP contribution in [-0.2, 0) is 19.7 Å². The molecule has 2 rings (SSSR count). The minimum absolute atomic E-state index is 0.0665. The maximum atomic E-state index is 13.1. The van der Waals surface area contributed by atoms with Gasteiger partial charge in [-0.1, -0.05) is 0 Å². The van der Waals surface area contributed by atoms with Gasteiger partial charge in [0.25, 0.3) is 16.1 Å². The van der Waals surface area contributed by atoms with Gasteiger partial charge < -0.3 is 9.84 Å². The molecule has 0 aromatic heterocycles. The SMILES string of the molecule is O=C(O)C1(CNS(=O)(=O)N2CCC(F)(F)CC2)CCCOC1. The lowest BCUT2D eigenvalue weighted by Gasteiger charge is -2.35. The zero-order valence-electron chi connectivity index (χ0n) is 12.1. The molecule has 10 heteroatoms. The lowest BCUT2D eigenvalue weighted by molar-refractivity contribution is -0.156. The van der Waals surface area contributed by atoms with Crippen LogP contribution >= 0.6 is 0 Å². The van der Waals surface area contributed by atoms with Crippen molar-refractivity contribution in [1.29, 1.82) is 0 Å². The Morgan fingerprint density at radius 3 is 2.41 bits per heavy atom. The Bertz CT molecular complexity index is 510. The third kappa shape index (κ3) is 3.92. The Morgan fingerprint density at radius 2 is 1.91 bits per heavy atom. The van der Waals surface area contributed by atoms with Gasteiger partial charge >= 0.3 is 5.97 Å². The summed E-state index contributed by atoms with van der Waals surface area (Å²) in [6, 6.07) is 0. The maximum absolute atomic E-state index is 13.1. The van der Waals surface area contributed by atoms with E-state index in [1.807, 2.05) is 0 Å². The molecule has 0 spiro atoms. The van der Waals surface area contributed by atoms with Crippen molar-refractivity contribution in [2.24, 2.45) is 5.41 Å². The predicted molar refractivity (Wildman–Crippen MR) is 72.8 cm³/mol. The first kappa shape index (κ1) is 17.5. The normalized spacial score (nSPS) is 30.1. The molecule has 0 aromatic rings. The highest BCUT2D eigenvalue weighted by molar-refractivity contribution is 7.87. The molecular formula is C12H20F2N2O5S. The first-order valence-corrected chi connectivity index (χ1v) is 8.55. The number of rotatable bonds is 5. The fraction of sp³-hybridized carbons (Fsp3) is 0.917. The lowest BCUT2D eigenvalue weighted by atomic mass is 9.83. The summed E-state index contributed by atoms with van der Waals surface area (Å²) in [7, 11) is -3.97. The summed E-state index contributed by atoms with van der Waals surface area (Å²) < 4.78 is 58.8. The van der Waals surface area contributed by atoms with Crippen LogP contribution in [0.25, 0.3) is 0 Å². The lowest BCUT2D eigenvalue weighted by Crippen LogP contribution is -2.53. The molecule has 2 N–H and O–H groups in total. The van der Waals surface area contributed by atoms with Gasteiger partial charge in [-0.15, -0.1) is 0 Å². The van der Waals surface area contributed by atoms with Crippen molar-refractivity contribution in [1.82, 2.24) is 9.03 Å². The third-order valence-electron chi connectivity index (χ3n) is 4.16. The molecule has 7 nitrogen and oxygen atoms in total.